The maximum Gasteiger partial charge on any atom is 0.411 e. The molecule has 0 atom stereocenters. The minimum Gasteiger partial charge on any atom is -0.459 e. The van der Waals surface area contributed by atoms with E-state index >= 15 is 0 Å². The summed E-state index contributed by atoms with van der Waals surface area (Å²) in [4.78, 5) is 11.6. The van der Waals surface area contributed by atoms with Crippen molar-refractivity contribution in [2.75, 3.05) is 13.2 Å². The lowest BCUT2D eigenvalue weighted by atomic mass is 10.1. The normalized spacial score (nSPS) is 11.8. The van der Waals surface area contributed by atoms with Gasteiger partial charge >= 0.3 is 6.18 Å². The summed E-state index contributed by atoms with van der Waals surface area (Å²) in [6, 6.07) is 7.50. The highest BCUT2D eigenvalue weighted by atomic mass is 19.4. The van der Waals surface area contributed by atoms with Crippen LogP contribution in [0.1, 0.15) is 17.7 Å². The third-order valence-corrected chi connectivity index (χ3v) is 3.13. The second-order valence-electron chi connectivity index (χ2n) is 4.84. The second kappa shape index (κ2) is 6.83. The van der Waals surface area contributed by atoms with Crippen molar-refractivity contribution in [2.24, 2.45) is 0 Å². The number of hydrogen-bond donors (Lipinski definition) is 1. The van der Waals surface area contributed by atoms with Crippen LogP contribution < -0.4 is 5.32 Å². The molecule has 0 saturated heterocycles. The fourth-order valence-corrected chi connectivity index (χ4v) is 2.01. The van der Waals surface area contributed by atoms with Crippen LogP contribution in [0.5, 0.6) is 0 Å². The number of halogens is 3. The molecule has 0 bridgehead atoms. The molecule has 2 rings (SSSR count). The van der Waals surface area contributed by atoms with E-state index in [0.717, 1.165) is 16.5 Å². The van der Waals surface area contributed by atoms with Gasteiger partial charge in [0.2, 0.25) is 5.91 Å². The zero-order chi connectivity index (χ0) is 16.2. The van der Waals surface area contributed by atoms with Crippen molar-refractivity contribution in [3.8, 4) is 0 Å². The number of aryl methyl sites for hydroxylation is 1. The summed E-state index contributed by atoms with van der Waals surface area (Å²) in [5.74, 6) is 0.243. The van der Waals surface area contributed by atoms with Crippen molar-refractivity contribution >= 4 is 16.9 Å². The molecule has 0 aliphatic rings. The summed E-state index contributed by atoms with van der Waals surface area (Å²) in [5, 5.41) is 3.58. The van der Waals surface area contributed by atoms with Crippen LogP contribution in [0.3, 0.4) is 0 Å². The van der Waals surface area contributed by atoms with Crippen molar-refractivity contribution in [1.29, 1.82) is 0 Å². The Hall–Kier alpha value is -2.02. The molecule has 1 aromatic carbocycles. The Morgan fingerprint density at radius 3 is 2.73 bits per heavy atom. The van der Waals surface area contributed by atoms with Crippen molar-refractivity contribution in [3.63, 3.8) is 0 Å². The molecular formula is C15H16F3NO3. The van der Waals surface area contributed by atoms with Crippen LogP contribution in [-0.2, 0) is 16.1 Å². The van der Waals surface area contributed by atoms with Gasteiger partial charge in [-0.3, -0.25) is 4.79 Å². The molecule has 0 saturated carbocycles. The number of carbonyl (C=O) groups excluding carboxylic acids is 1. The lowest BCUT2D eigenvalue weighted by Gasteiger charge is -2.07. The summed E-state index contributed by atoms with van der Waals surface area (Å²) in [6.45, 7) is 0.464. The van der Waals surface area contributed by atoms with Crippen LogP contribution in [0, 0.1) is 6.92 Å². The van der Waals surface area contributed by atoms with E-state index in [1.165, 1.54) is 0 Å². The van der Waals surface area contributed by atoms with E-state index in [4.69, 9.17) is 4.42 Å². The fraction of sp³-hybridized carbons (Fsp3) is 0.400. The summed E-state index contributed by atoms with van der Waals surface area (Å²) >= 11 is 0. The van der Waals surface area contributed by atoms with E-state index in [9.17, 15) is 18.0 Å². The van der Waals surface area contributed by atoms with Gasteiger partial charge in [0.05, 0.1) is 13.2 Å². The number of amides is 1. The Morgan fingerprint density at radius 1 is 1.32 bits per heavy atom. The molecule has 1 N–H and O–H groups in total. The molecule has 2 aromatic rings. The molecule has 1 aromatic heterocycles. The standard InChI is InChI=1S/C15H16F3NO3/c1-10-11-4-2-3-5-12(11)22-13(10)8-19-14(20)6-7-21-9-15(16,17)18/h2-5H,6-9H2,1H3,(H,19,20). The Labute approximate surface area is 125 Å². The smallest absolute Gasteiger partial charge is 0.411 e. The molecule has 4 nitrogen and oxygen atoms in total. The predicted molar refractivity (Wildman–Crippen MR) is 74.3 cm³/mol. The first kappa shape index (κ1) is 16.4. The topological polar surface area (TPSA) is 51.5 Å². The first-order chi connectivity index (χ1) is 10.4. The Kier molecular flexibility index (Phi) is 5.07. The Morgan fingerprint density at radius 2 is 2.05 bits per heavy atom. The van der Waals surface area contributed by atoms with E-state index in [-0.39, 0.29) is 25.5 Å². The average Bonchev–Trinajstić information content (AvgIpc) is 2.78. The first-order valence-corrected chi connectivity index (χ1v) is 6.75. The van der Waals surface area contributed by atoms with Gasteiger partial charge in [-0.1, -0.05) is 18.2 Å². The number of hydrogen-bond acceptors (Lipinski definition) is 3. The van der Waals surface area contributed by atoms with Crippen molar-refractivity contribution in [3.05, 3.63) is 35.6 Å². The minimum atomic E-state index is -4.37. The van der Waals surface area contributed by atoms with Crippen molar-refractivity contribution in [2.45, 2.75) is 26.1 Å². The molecule has 1 heterocycles. The van der Waals surface area contributed by atoms with Gasteiger partial charge in [-0.2, -0.15) is 13.2 Å². The number of para-hydroxylation sites is 1. The highest BCUT2D eigenvalue weighted by Gasteiger charge is 2.27. The highest BCUT2D eigenvalue weighted by Crippen LogP contribution is 2.24. The van der Waals surface area contributed by atoms with Gasteiger partial charge in [0.1, 0.15) is 18.0 Å². The first-order valence-electron chi connectivity index (χ1n) is 6.75. The zero-order valence-electron chi connectivity index (χ0n) is 12.0. The number of carbonyl (C=O) groups is 1. The minimum absolute atomic E-state index is 0.130. The van der Waals surface area contributed by atoms with Crippen LogP contribution in [0.2, 0.25) is 0 Å². The van der Waals surface area contributed by atoms with E-state index in [2.05, 4.69) is 10.1 Å². The highest BCUT2D eigenvalue weighted by molar-refractivity contribution is 5.82. The molecule has 120 valence electrons. The molecule has 0 spiro atoms. The number of alkyl halides is 3. The van der Waals surface area contributed by atoms with Crippen LogP contribution in [0.4, 0.5) is 13.2 Å². The average molecular weight is 315 g/mol. The number of ether oxygens (including phenoxy) is 1. The van der Waals surface area contributed by atoms with Gasteiger partial charge in [0, 0.05) is 17.4 Å². The number of nitrogens with one attached hydrogen (secondary N) is 1. The van der Waals surface area contributed by atoms with Crippen LogP contribution >= 0.6 is 0 Å². The molecule has 7 heteroatoms. The van der Waals surface area contributed by atoms with E-state index in [1.807, 2.05) is 31.2 Å². The molecule has 1 amide bonds. The third kappa shape index (κ3) is 4.49. The Balaban J connectivity index is 1.79. The molecular weight excluding hydrogens is 299 g/mol. The second-order valence-corrected chi connectivity index (χ2v) is 4.84. The summed E-state index contributed by atoms with van der Waals surface area (Å²) in [7, 11) is 0. The largest absolute Gasteiger partial charge is 0.459 e. The molecule has 0 unspecified atom stereocenters. The SMILES string of the molecule is Cc1c(CNC(=O)CCOCC(F)(F)F)oc2ccccc12. The number of fused-ring (bicyclic) bond motifs is 1. The maximum absolute atomic E-state index is 11.9. The molecule has 0 fully saturated rings. The lowest BCUT2D eigenvalue weighted by Crippen LogP contribution is -2.25. The zero-order valence-corrected chi connectivity index (χ0v) is 12.0. The van der Waals surface area contributed by atoms with Crippen molar-refractivity contribution in [1.82, 2.24) is 5.32 Å². The van der Waals surface area contributed by atoms with Crippen molar-refractivity contribution < 1.29 is 27.1 Å². The van der Waals surface area contributed by atoms with E-state index in [1.54, 1.807) is 0 Å². The number of benzene rings is 1. The summed E-state index contributed by atoms with van der Waals surface area (Å²) < 4.78 is 45.6. The van der Waals surface area contributed by atoms with Gasteiger partial charge in [-0.05, 0) is 13.0 Å². The summed E-state index contributed by atoms with van der Waals surface area (Å²) in [5.41, 5.74) is 1.67. The van der Waals surface area contributed by atoms with E-state index < -0.39 is 12.8 Å². The molecule has 22 heavy (non-hydrogen) atoms. The van der Waals surface area contributed by atoms with Crippen LogP contribution in [0.25, 0.3) is 11.0 Å². The fourth-order valence-electron chi connectivity index (χ4n) is 2.01. The third-order valence-electron chi connectivity index (χ3n) is 3.13. The maximum atomic E-state index is 11.9. The van der Waals surface area contributed by atoms with Gasteiger partial charge < -0.3 is 14.5 Å². The monoisotopic (exact) mass is 315 g/mol. The molecule has 0 radical (unpaired) electrons. The van der Waals surface area contributed by atoms with Gasteiger partial charge in [0.15, 0.2) is 0 Å². The van der Waals surface area contributed by atoms with E-state index in [0.29, 0.717) is 5.76 Å². The molecule has 0 aliphatic carbocycles. The number of furan rings is 1. The predicted octanol–water partition coefficient (Wildman–Crippen LogP) is 3.33. The number of rotatable bonds is 6. The van der Waals surface area contributed by atoms with Crippen LogP contribution in [0.15, 0.2) is 28.7 Å². The lowest BCUT2D eigenvalue weighted by molar-refractivity contribution is -0.174. The van der Waals surface area contributed by atoms with Gasteiger partial charge in [-0.25, -0.2) is 0 Å². The van der Waals surface area contributed by atoms with Crippen LogP contribution in [-0.4, -0.2) is 25.3 Å². The summed E-state index contributed by atoms with van der Waals surface area (Å²) in [6.07, 6.45) is -4.50. The Bertz CT molecular complexity index is 649. The quantitative estimate of drug-likeness (QED) is 0.832. The van der Waals surface area contributed by atoms with Gasteiger partial charge in [-0.15, -0.1) is 0 Å². The molecule has 0 aliphatic heterocycles. The van der Waals surface area contributed by atoms with Gasteiger partial charge in [0.25, 0.3) is 0 Å².